The average molecular weight is 274 g/mol. The number of benzene rings is 1. The molecular weight excluding hydrogens is 248 g/mol. The van der Waals surface area contributed by atoms with Crippen LogP contribution in [0.2, 0.25) is 0 Å². The van der Waals surface area contributed by atoms with Gasteiger partial charge in [0.25, 0.3) is 0 Å². The first kappa shape index (κ1) is 15.1. The number of rotatable bonds is 4. The molecule has 0 radical (unpaired) electrons. The van der Waals surface area contributed by atoms with E-state index in [2.05, 4.69) is 13.8 Å². The second-order valence-corrected chi connectivity index (χ2v) is 6.61. The molecule has 0 aromatic heterocycles. The van der Waals surface area contributed by atoms with Gasteiger partial charge in [0, 0.05) is 0 Å². The minimum absolute atomic E-state index is 0.242. The molecule has 20 heavy (non-hydrogen) atoms. The van der Waals surface area contributed by atoms with Gasteiger partial charge in [-0.15, -0.1) is 0 Å². The van der Waals surface area contributed by atoms with E-state index in [1.165, 1.54) is 6.42 Å². The molecule has 110 valence electrons. The van der Waals surface area contributed by atoms with Crippen LogP contribution >= 0.6 is 0 Å². The number of carboxylic acid groups (broad SMARTS) is 1. The summed E-state index contributed by atoms with van der Waals surface area (Å²) in [4.78, 5) is 12.2. The zero-order valence-electron chi connectivity index (χ0n) is 12.8. The summed E-state index contributed by atoms with van der Waals surface area (Å²) >= 11 is 0. The smallest absolute Gasteiger partial charge is 0.314 e. The van der Waals surface area contributed by atoms with E-state index >= 15 is 0 Å². The van der Waals surface area contributed by atoms with Crippen molar-refractivity contribution in [2.24, 2.45) is 17.8 Å². The van der Waals surface area contributed by atoms with Gasteiger partial charge in [0.05, 0.1) is 5.41 Å². The van der Waals surface area contributed by atoms with Crippen LogP contribution in [0.15, 0.2) is 30.3 Å². The molecule has 3 atom stereocenters. The van der Waals surface area contributed by atoms with Gasteiger partial charge >= 0.3 is 5.97 Å². The van der Waals surface area contributed by atoms with Crippen LogP contribution in [0, 0.1) is 17.8 Å². The molecule has 2 heteroatoms. The Morgan fingerprint density at radius 3 is 2.15 bits per heavy atom. The van der Waals surface area contributed by atoms with Crippen LogP contribution in [-0.2, 0) is 10.2 Å². The Kier molecular flexibility index (Phi) is 4.52. The van der Waals surface area contributed by atoms with Crippen molar-refractivity contribution in [3.05, 3.63) is 35.9 Å². The lowest BCUT2D eigenvalue weighted by Gasteiger charge is -2.43. The van der Waals surface area contributed by atoms with Crippen LogP contribution in [0.5, 0.6) is 0 Å². The van der Waals surface area contributed by atoms with Gasteiger partial charge in [0.15, 0.2) is 0 Å². The molecule has 0 aliphatic heterocycles. The topological polar surface area (TPSA) is 37.3 Å². The summed E-state index contributed by atoms with van der Waals surface area (Å²) in [6.07, 6.45) is 3.94. The van der Waals surface area contributed by atoms with Crippen molar-refractivity contribution < 1.29 is 9.90 Å². The predicted molar refractivity (Wildman–Crippen MR) is 81.7 cm³/mol. The first-order valence-electron chi connectivity index (χ1n) is 7.79. The van der Waals surface area contributed by atoms with E-state index in [1.807, 2.05) is 37.3 Å². The van der Waals surface area contributed by atoms with Crippen LogP contribution in [0.25, 0.3) is 0 Å². The summed E-state index contributed by atoms with van der Waals surface area (Å²) in [7, 11) is 0. The van der Waals surface area contributed by atoms with Crippen molar-refractivity contribution in [1.29, 1.82) is 0 Å². The first-order chi connectivity index (χ1) is 9.50. The van der Waals surface area contributed by atoms with Crippen LogP contribution in [0.1, 0.15) is 52.0 Å². The van der Waals surface area contributed by atoms with Crippen LogP contribution in [0.3, 0.4) is 0 Å². The summed E-state index contributed by atoms with van der Waals surface area (Å²) in [5.74, 6) is 0.833. The van der Waals surface area contributed by atoms with Crippen molar-refractivity contribution in [3.8, 4) is 0 Å². The maximum atomic E-state index is 12.2. The van der Waals surface area contributed by atoms with Gasteiger partial charge in [-0.2, -0.15) is 0 Å². The molecule has 1 aromatic carbocycles. The van der Waals surface area contributed by atoms with Crippen molar-refractivity contribution in [3.63, 3.8) is 0 Å². The maximum absolute atomic E-state index is 12.2. The number of hydrogen-bond acceptors (Lipinski definition) is 1. The Balaban J connectivity index is 2.44. The number of carboxylic acids is 1. The van der Waals surface area contributed by atoms with Gasteiger partial charge in [-0.3, -0.25) is 4.79 Å². The predicted octanol–water partition coefficient (Wildman–Crippen LogP) is 4.49. The lowest BCUT2D eigenvalue weighted by molar-refractivity contribution is -0.147. The highest BCUT2D eigenvalue weighted by molar-refractivity contribution is 5.81. The van der Waals surface area contributed by atoms with E-state index in [0.717, 1.165) is 18.4 Å². The van der Waals surface area contributed by atoms with Crippen LogP contribution in [0.4, 0.5) is 0 Å². The largest absolute Gasteiger partial charge is 0.481 e. The normalized spacial score (nSPS) is 29.6. The Labute approximate surface area is 122 Å². The Bertz CT molecular complexity index is 444. The molecule has 0 saturated heterocycles. The van der Waals surface area contributed by atoms with Gasteiger partial charge in [-0.25, -0.2) is 0 Å². The zero-order chi connectivity index (χ0) is 14.8. The fraction of sp³-hybridized carbons (Fsp3) is 0.611. The highest BCUT2D eigenvalue weighted by Gasteiger charge is 2.47. The molecule has 0 amide bonds. The molecule has 1 N–H and O–H groups in total. The summed E-state index contributed by atoms with van der Waals surface area (Å²) in [5, 5.41) is 10.0. The van der Waals surface area contributed by atoms with Gasteiger partial charge < -0.3 is 5.11 Å². The van der Waals surface area contributed by atoms with Crippen molar-refractivity contribution in [2.45, 2.75) is 51.9 Å². The summed E-state index contributed by atoms with van der Waals surface area (Å²) in [5.41, 5.74) is 0.255. The first-order valence-corrected chi connectivity index (χ1v) is 7.79. The van der Waals surface area contributed by atoms with Gasteiger partial charge in [-0.1, -0.05) is 51.1 Å². The monoisotopic (exact) mass is 274 g/mol. The molecule has 2 nitrogen and oxygen atoms in total. The van der Waals surface area contributed by atoms with Gasteiger partial charge in [0.2, 0.25) is 0 Å². The molecule has 3 unspecified atom stereocenters. The third-order valence-electron chi connectivity index (χ3n) is 5.10. The maximum Gasteiger partial charge on any atom is 0.314 e. The summed E-state index contributed by atoms with van der Waals surface area (Å²) in [6, 6.07) is 9.84. The molecule has 1 aromatic rings. The minimum Gasteiger partial charge on any atom is -0.481 e. The average Bonchev–Trinajstić information content (AvgIpc) is 2.40. The fourth-order valence-corrected chi connectivity index (χ4v) is 4.26. The van der Waals surface area contributed by atoms with Crippen LogP contribution < -0.4 is 0 Å². The second-order valence-electron chi connectivity index (χ2n) is 6.61. The number of hydrogen-bond donors (Lipinski definition) is 1. The van der Waals surface area contributed by atoms with E-state index in [1.54, 1.807) is 0 Å². The van der Waals surface area contributed by atoms with E-state index in [9.17, 15) is 9.90 Å². The molecule has 0 heterocycles. The lowest BCUT2D eigenvalue weighted by atomic mass is 9.60. The summed E-state index contributed by atoms with van der Waals surface area (Å²) in [6.45, 7) is 6.54. The number of aliphatic carboxylic acids is 1. The van der Waals surface area contributed by atoms with E-state index in [0.29, 0.717) is 18.3 Å². The van der Waals surface area contributed by atoms with Gasteiger partial charge in [-0.05, 0) is 49.0 Å². The Hall–Kier alpha value is -1.31. The molecule has 0 spiro atoms. The van der Waals surface area contributed by atoms with Crippen molar-refractivity contribution in [1.82, 2.24) is 0 Å². The lowest BCUT2D eigenvalue weighted by Crippen LogP contribution is -2.45. The molecule has 2 rings (SSSR count). The molecule has 1 aliphatic rings. The number of carbonyl (C=O) groups is 1. The second kappa shape index (κ2) is 5.99. The van der Waals surface area contributed by atoms with Gasteiger partial charge in [0.1, 0.15) is 0 Å². The highest BCUT2D eigenvalue weighted by Crippen LogP contribution is 2.46. The standard InChI is InChI=1S/C18H26O2/c1-4-18(17(19)20,15-8-6-5-7-9-15)16-11-13(2)10-14(3)12-16/h5-9,13-14,16H,4,10-12H2,1-3H3,(H,19,20). The van der Waals surface area contributed by atoms with E-state index in [-0.39, 0.29) is 5.92 Å². The Morgan fingerprint density at radius 1 is 1.15 bits per heavy atom. The highest BCUT2D eigenvalue weighted by atomic mass is 16.4. The van der Waals surface area contributed by atoms with E-state index in [4.69, 9.17) is 0 Å². The fourth-order valence-electron chi connectivity index (χ4n) is 4.26. The third-order valence-corrected chi connectivity index (χ3v) is 5.10. The SMILES string of the molecule is CCC(C(=O)O)(c1ccccc1)C1CC(C)CC(C)C1. The molecule has 1 aliphatic carbocycles. The zero-order valence-corrected chi connectivity index (χ0v) is 12.8. The van der Waals surface area contributed by atoms with Crippen LogP contribution in [-0.4, -0.2) is 11.1 Å². The Morgan fingerprint density at radius 2 is 1.70 bits per heavy atom. The van der Waals surface area contributed by atoms with Crippen molar-refractivity contribution >= 4 is 5.97 Å². The molecule has 1 fully saturated rings. The van der Waals surface area contributed by atoms with Crippen molar-refractivity contribution in [2.75, 3.05) is 0 Å². The quantitative estimate of drug-likeness (QED) is 0.878. The third kappa shape index (κ3) is 2.61. The van der Waals surface area contributed by atoms with E-state index < -0.39 is 11.4 Å². The molecule has 1 saturated carbocycles. The molecule has 0 bridgehead atoms. The molecular formula is C18H26O2. The summed E-state index contributed by atoms with van der Waals surface area (Å²) < 4.78 is 0. The minimum atomic E-state index is -0.718.